The summed E-state index contributed by atoms with van der Waals surface area (Å²) >= 11 is 0. The maximum atomic E-state index is 4.00. The number of nitrogens with one attached hydrogen (secondary N) is 1. The zero-order valence-electron chi connectivity index (χ0n) is 15.1. The van der Waals surface area contributed by atoms with Gasteiger partial charge in [0, 0.05) is 11.6 Å². The van der Waals surface area contributed by atoms with Crippen molar-refractivity contribution in [2.75, 3.05) is 20.6 Å². The summed E-state index contributed by atoms with van der Waals surface area (Å²) in [5.74, 6) is 2.69. The van der Waals surface area contributed by atoms with Gasteiger partial charge in [-0.2, -0.15) is 0 Å². The molecule has 0 aromatic rings. The molecule has 0 amide bonds. The van der Waals surface area contributed by atoms with Crippen molar-refractivity contribution in [3.63, 3.8) is 0 Å². The molecule has 0 bridgehead atoms. The first-order valence-electron chi connectivity index (χ1n) is 9.40. The Morgan fingerprint density at radius 2 is 1.62 bits per heavy atom. The highest BCUT2D eigenvalue weighted by Crippen LogP contribution is 2.44. The molecular formula is C19H38N2. The quantitative estimate of drug-likeness (QED) is 0.785. The van der Waals surface area contributed by atoms with E-state index in [0.29, 0.717) is 11.6 Å². The molecule has 0 radical (unpaired) electrons. The summed E-state index contributed by atoms with van der Waals surface area (Å²) in [6, 6.07) is 0.695. The lowest BCUT2D eigenvalue weighted by atomic mass is 9.68. The van der Waals surface area contributed by atoms with Gasteiger partial charge in [-0.15, -0.1) is 0 Å². The normalized spacial score (nSPS) is 34.3. The highest BCUT2D eigenvalue weighted by Gasteiger charge is 2.47. The highest BCUT2D eigenvalue weighted by molar-refractivity contribution is 5.05. The van der Waals surface area contributed by atoms with Gasteiger partial charge >= 0.3 is 0 Å². The van der Waals surface area contributed by atoms with Gasteiger partial charge in [0.2, 0.25) is 0 Å². The summed E-state index contributed by atoms with van der Waals surface area (Å²) in [6.45, 7) is 8.42. The molecule has 2 aliphatic carbocycles. The van der Waals surface area contributed by atoms with Crippen LogP contribution in [0.2, 0.25) is 0 Å². The standard InChI is InChI=1S/C19H38N2/c1-6-11-20-18(17-13-15(2)12-16(3)14-17)19(21(4)5)9-7-8-10-19/h15-18,20H,6-14H2,1-5H3. The molecule has 0 aromatic carbocycles. The molecule has 2 rings (SSSR count). The Hall–Kier alpha value is -0.0800. The van der Waals surface area contributed by atoms with Gasteiger partial charge in [-0.3, -0.25) is 0 Å². The molecule has 2 nitrogen and oxygen atoms in total. The Balaban J connectivity index is 2.20. The molecule has 3 atom stereocenters. The topological polar surface area (TPSA) is 15.3 Å². The van der Waals surface area contributed by atoms with Crippen LogP contribution in [0.3, 0.4) is 0 Å². The summed E-state index contributed by atoms with van der Waals surface area (Å²) in [5.41, 5.74) is 0.413. The Labute approximate surface area is 133 Å². The maximum absolute atomic E-state index is 4.00. The fourth-order valence-corrected chi connectivity index (χ4v) is 5.40. The molecule has 0 heterocycles. The average molecular weight is 295 g/mol. The smallest absolute Gasteiger partial charge is 0.0359 e. The molecule has 124 valence electrons. The SMILES string of the molecule is CCCNC(C1CC(C)CC(C)C1)C1(N(C)C)CCCC1. The van der Waals surface area contributed by atoms with Crippen LogP contribution in [-0.2, 0) is 0 Å². The van der Waals surface area contributed by atoms with Crippen LogP contribution < -0.4 is 5.32 Å². The Kier molecular flexibility index (Phi) is 6.14. The Morgan fingerprint density at radius 3 is 2.10 bits per heavy atom. The number of rotatable bonds is 6. The van der Waals surface area contributed by atoms with E-state index in [1.165, 1.54) is 57.9 Å². The predicted molar refractivity (Wildman–Crippen MR) is 92.6 cm³/mol. The summed E-state index contributed by atoms with van der Waals surface area (Å²) in [6.07, 6.45) is 11.2. The zero-order chi connectivity index (χ0) is 15.5. The third kappa shape index (κ3) is 3.82. The minimum absolute atomic E-state index is 0.413. The molecule has 2 aliphatic rings. The van der Waals surface area contributed by atoms with E-state index < -0.39 is 0 Å². The maximum Gasteiger partial charge on any atom is 0.0359 e. The van der Waals surface area contributed by atoms with Gasteiger partial charge in [-0.1, -0.05) is 33.6 Å². The first-order valence-corrected chi connectivity index (χ1v) is 9.40. The van der Waals surface area contributed by atoms with Crippen LogP contribution in [0.4, 0.5) is 0 Å². The van der Waals surface area contributed by atoms with Crippen LogP contribution in [-0.4, -0.2) is 37.1 Å². The van der Waals surface area contributed by atoms with E-state index >= 15 is 0 Å². The average Bonchev–Trinajstić information content (AvgIpc) is 2.89. The lowest BCUT2D eigenvalue weighted by Crippen LogP contribution is -2.61. The van der Waals surface area contributed by atoms with E-state index in [2.05, 4.69) is 45.1 Å². The number of nitrogens with zero attached hydrogens (tertiary/aromatic N) is 1. The summed E-state index contributed by atoms with van der Waals surface area (Å²) in [5, 5.41) is 4.00. The van der Waals surface area contributed by atoms with Gasteiger partial charge in [-0.05, 0) is 76.9 Å². The fourth-order valence-electron chi connectivity index (χ4n) is 5.40. The third-order valence-corrected chi connectivity index (χ3v) is 6.24. The van der Waals surface area contributed by atoms with E-state index in [0.717, 1.165) is 17.8 Å². The summed E-state index contributed by atoms with van der Waals surface area (Å²) in [7, 11) is 4.64. The van der Waals surface area contributed by atoms with E-state index in [1.807, 2.05) is 0 Å². The van der Waals surface area contributed by atoms with Gasteiger partial charge in [0.25, 0.3) is 0 Å². The van der Waals surface area contributed by atoms with Crippen LogP contribution in [0, 0.1) is 17.8 Å². The molecule has 0 aromatic heterocycles. The monoisotopic (exact) mass is 294 g/mol. The molecule has 0 aliphatic heterocycles. The lowest BCUT2D eigenvalue weighted by Gasteiger charge is -2.49. The molecule has 2 fully saturated rings. The molecule has 2 saturated carbocycles. The van der Waals surface area contributed by atoms with Crippen molar-refractivity contribution >= 4 is 0 Å². The van der Waals surface area contributed by atoms with Crippen LogP contribution in [0.25, 0.3) is 0 Å². The predicted octanol–water partition coefficient (Wildman–Crippen LogP) is 4.30. The largest absolute Gasteiger partial charge is 0.312 e. The van der Waals surface area contributed by atoms with Gasteiger partial charge in [0.1, 0.15) is 0 Å². The van der Waals surface area contributed by atoms with Crippen LogP contribution in [0.5, 0.6) is 0 Å². The third-order valence-electron chi connectivity index (χ3n) is 6.24. The second-order valence-electron chi connectivity index (χ2n) is 8.31. The first kappa shape index (κ1) is 17.3. The minimum atomic E-state index is 0.413. The van der Waals surface area contributed by atoms with Crippen molar-refractivity contribution in [3.8, 4) is 0 Å². The van der Waals surface area contributed by atoms with Crippen molar-refractivity contribution in [3.05, 3.63) is 0 Å². The molecule has 0 spiro atoms. The number of hydrogen-bond acceptors (Lipinski definition) is 2. The Morgan fingerprint density at radius 1 is 1.05 bits per heavy atom. The zero-order valence-corrected chi connectivity index (χ0v) is 15.1. The van der Waals surface area contributed by atoms with Gasteiger partial charge in [0.15, 0.2) is 0 Å². The van der Waals surface area contributed by atoms with Crippen molar-refractivity contribution in [1.29, 1.82) is 0 Å². The first-order chi connectivity index (χ1) is 9.99. The van der Waals surface area contributed by atoms with Crippen LogP contribution >= 0.6 is 0 Å². The lowest BCUT2D eigenvalue weighted by molar-refractivity contribution is 0.0447. The van der Waals surface area contributed by atoms with Crippen molar-refractivity contribution < 1.29 is 0 Å². The fraction of sp³-hybridized carbons (Fsp3) is 1.00. The summed E-state index contributed by atoms with van der Waals surface area (Å²) in [4.78, 5) is 2.57. The van der Waals surface area contributed by atoms with Crippen molar-refractivity contribution in [2.45, 2.75) is 83.7 Å². The van der Waals surface area contributed by atoms with Crippen LogP contribution in [0.15, 0.2) is 0 Å². The minimum Gasteiger partial charge on any atom is -0.312 e. The molecule has 3 unspecified atom stereocenters. The van der Waals surface area contributed by atoms with Gasteiger partial charge < -0.3 is 10.2 Å². The van der Waals surface area contributed by atoms with Crippen molar-refractivity contribution in [2.24, 2.45) is 17.8 Å². The van der Waals surface area contributed by atoms with Crippen molar-refractivity contribution in [1.82, 2.24) is 10.2 Å². The molecule has 1 N–H and O–H groups in total. The van der Waals surface area contributed by atoms with E-state index in [1.54, 1.807) is 0 Å². The summed E-state index contributed by atoms with van der Waals surface area (Å²) < 4.78 is 0. The molecular weight excluding hydrogens is 256 g/mol. The number of likely N-dealkylation sites (N-methyl/N-ethyl adjacent to an activating group) is 1. The second kappa shape index (κ2) is 7.46. The second-order valence-corrected chi connectivity index (χ2v) is 8.31. The van der Waals surface area contributed by atoms with E-state index in [4.69, 9.17) is 0 Å². The molecule has 0 saturated heterocycles. The number of hydrogen-bond donors (Lipinski definition) is 1. The highest BCUT2D eigenvalue weighted by atomic mass is 15.2. The van der Waals surface area contributed by atoms with Gasteiger partial charge in [-0.25, -0.2) is 0 Å². The molecule has 21 heavy (non-hydrogen) atoms. The Bertz CT molecular complexity index is 297. The molecule has 2 heteroatoms. The van der Waals surface area contributed by atoms with E-state index in [-0.39, 0.29) is 0 Å². The van der Waals surface area contributed by atoms with Gasteiger partial charge in [0.05, 0.1) is 0 Å². The van der Waals surface area contributed by atoms with Crippen LogP contribution in [0.1, 0.15) is 72.1 Å². The van der Waals surface area contributed by atoms with E-state index in [9.17, 15) is 0 Å².